The average Bonchev–Trinajstić information content (AvgIpc) is 3.00. The molecule has 1 aliphatic rings. The number of carbonyl (C=O) groups excluding carboxylic acids is 2. The molecule has 0 saturated carbocycles. The van der Waals surface area contributed by atoms with Gasteiger partial charge >= 0.3 is 0 Å². The van der Waals surface area contributed by atoms with E-state index in [9.17, 15) is 9.59 Å². The number of ether oxygens (including phenoxy) is 1. The van der Waals surface area contributed by atoms with Crippen molar-refractivity contribution in [3.8, 4) is 5.75 Å². The molecule has 0 atom stereocenters. The molecule has 31 heavy (non-hydrogen) atoms. The van der Waals surface area contributed by atoms with Gasteiger partial charge < -0.3 is 10.1 Å². The summed E-state index contributed by atoms with van der Waals surface area (Å²) in [5, 5.41) is 3.59. The van der Waals surface area contributed by atoms with E-state index in [1.54, 1.807) is 18.2 Å². The number of thioether (sulfide) groups is 1. The van der Waals surface area contributed by atoms with E-state index in [2.05, 4.69) is 5.32 Å². The molecule has 0 aliphatic carbocycles. The Morgan fingerprint density at radius 3 is 2.29 bits per heavy atom. The van der Waals surface area contributed by atoms with Crippen LogP contribution in [0.1, 0.15) is 5.56 Å². The lowest BCUT2D eigenvalue weighted by molar-refractivity contribution is -0.137. The zero-order valence-corrected chi connectivity index (χ0v) is 18.2. The zero-order valence-electron chi connectivity index (χ0n) is 16.7. The number of carbonyl (C=O) groups is 2. The van der Waals surface area contributed by atoms with Crippen molar-refractivity contribution < 1.29 is 14.3 Å². The maximum absolute atomic E-state index is 13.3. The number of hydrogen-bond acceptors (Lipinski definition) is 5. The number of rotatable bonds is 7. The van der Waals surface area contributed by atoms with Crippen LogP contribution in [0.5, 0.6) is 5.75 Å². The van der Waals surface area contributed by atoms with Gasteiger partial charge in [0.1, 0.15) is 16.4 Å². The highest BCUT2D eigenvalue weighted by Gasteiger charge is 2.39. The number of nitrogens with zero attached hydrogens (tertiary/aromatic N) is 1. The van der Waals surface area contributed by atoms with Crippen LogP contribution in [0.25, 0.3) is 0 Å². The molecular weight excluding hydrogens is 432 g/mol. The smallest absolute Gasteiger partial charge is 0.278 e. The maximum atomic E-state index is 13.3. The number of methoxy groups -OCH3 is 1. The number of imide groups is 1. The van der Waals surface area contributed by atoms with Gasteiger partial charge in [-0.25, -0.2) is 0 Å². The number of benzene rings is 3. The third kappa shape index (κ3) is 4.60. The van der Waals surface area contributed by atoms with E-state index in [1.807, 2.05) is 60.7 Å². The van der Waals surface area contributed by atoms with Crippen molar-refractivity contribution in [3.63, 3.8) is 0 Å². The van der Waals surface area contributed by atoms with Gasteiger partial charge in [-0.3, -0.25) is 14.5 Å². The molecule has 0 unspecified atom stereocenters. The summed E-state index contributed by atoms with van der Waals surface area (Å²) >= 11 is 7.40. The Bertz CT molecular complexity index is 1150. The van der Waals surface area contributed by atoms with Crippen molar-refractivity contribution in [2.24, 2.45) is 0 Å². The first-order valence-electron chi connectivity index (χ1n) is 9.54. The molecule has 156 valence electrons. The van der Waals surface area contributed by atoms with Crippen LogP contribution in [0, 0.1) is 0 Å². The Balaban J connectivity index is 1.71. The Hall–Kier alpha value is -3.22. The molecule has 3 aromatic carbocycles. The highest BCUT2D eigenvalue weighted by molar-refractivity contribution is 8.04. The predicted molar refractivity (Wildman–Crippen MR) is 123 cm³/mol. The van der Waals surface area contributed by atoms with Crippen molar-refractivity contribution in [2.45, 2.75) is 11.4 Å². The maximum Gasteiger partial charge on any atom is 0.278 e. The van der Waals surface area contributed by atoms with Crippen molar-refractivity contribution in [1.82, 2.24) is 4.90 Å². The standard InChI is InChI=1S/C24H19ClN2O3S/c1-30-20-13-12-17(25)14-19(20)26-21-22(31-18-10-6-3-7-11-18)24(29)27(23(21)28)15-16-8-4-2-5-9-16/h2-14,26H,15H2,1H3. The molecule has 0 radical (unpaired) electrons. The second-order valence-electron chi connectivity index (χ2n) is 6.77. The van der Waals surface area contributed by atoms with Crippen LogP contribution < -0.4 is 10.1 Å². The molecule has 0 spiro atoms. The van der Waals surface area contributed by atoms with E-state index >= 15 is 0 Å². The third-order valence-corrected chi connectivity index (χ3v) is 6.02. The number of anilines is 1. The average molecular weight is 451 g/mol. The van der Waals surface area contributed by atoms with E-state index < -0.39 is 5.91 Å². The van der Waals surface area contributed by atoms with Gasteiger partial charge in [-0.15, -0.1) is 0 Å². The highest BCUT2D eigenvalue weighted by Crippen LogP contribution is 2.38. The van der Waals surface area contributed by atoms with Gasteiger partial charge in [-0.1, -0.05) is 71.9 Å². The lowest BCUT2D eigenvalue weighted by Crippen LogP contribution is -2.31. The molecule has 0 aromatic heterocycles. The summed E-state index contributed by atoms with van der Waals surface area (Å²) in [6, 6.07) is 24.0. The normalized spacial score (nSPS) is 13.7. The summed E-state index contributed by atoms with van der Waals surface area (Å²) in [4.78, 5) is 29.0. The molecule has 0 fully saturated rings. The summed E-state index contributed by atoms with van der Waals surface area (Å²) in [6.45, 7) is 0.190. The fourth-order valence-corrected chi connectivity index (χ4v) is 4.33. The number of amides is 2. The molecule has 5 nitrogen and oxygen atoms in total. The minimum atomic E-state index is -0.394. The minimum absolute atomic E-state index is 0.190. The molecule has 1 aliphatic heterocycles. The van der Waals surface area contributed by atoms with Crippen LogP contribution >= 0.6 is 23.4 Å². The van der Waals surface area contributed by atoms with Crippen LogP contribution in [-0.2, 0) is 16.1 Å². The largest absolute Gasteiger partial charge is 0.495 e. The second kappa shape index (κ2) is 9.29. The molecular formula is C24H19ClN2O3S. The SMILES string of the molecule is COc1ccc(Cl)cc1NC1=C(Sc2ccccc2)C(=O)N(Cc2ccccc2)C1=O. The van der Waals surface area contributed by atoms with E-state index in [0.29, 0.717) is 21.4 Å². The lowest BCUT2D eigenvalue weighted by Gasteiger charge is -2.16. The fourth-order valence-electron chi connectivity index (χ4n) is 3.19. The fraction of sp³-hybridized carbons (Fsp3) is 0.0833. The molecule has 0 bridgehead atoms. The van der Waals surface area contributed by atoms with Crippen molar-refractivity contribution in [3.05, 3.63) is 100 Å². The van der Waals surface area contributed by atoms with E-state index in [1.165, 1.54) is 23.8 Å². The van der Waals surface area contributed by atoms with Crippen LogP contribution in [0.15, 0.2) is 94.4 Å². The molecule has 1 N–H and O–H groups in total. The first-order valence-corrected chi connectivity index (χ1v) is 10.7. The van der Waals surface area contributed by atoms with Crippen LogP contribution in [0.2, 0.25) is 5.02 Å². The quantitative estimate of drug-likeness (QED) is 0.493. The topological polar surface area (TPSA) is 58.6 Å². The van der Waals surface area contributed by atoms with E-state index in [4.69, 9.17) is 16.3 Å². The summed E-state index contributed by atoms with van der Waals surface area (Å²) in [7, 11) is 1.53. The van der Waals surface area contributed by atoms with Gasteiger partial charge in [0, 0.05) is 9.92 Å². The molecule has 1 heterocycles. The van der Waals surface area contributed by atoms with Gasteiger partial charge in [0.15, 0.2) is 0 Å². The molecule has 0 saturated heterocycles. The predicted octanol–water partition coefficient (Wildman–Crippen LogP) is 5.33. The van der Waals surface area contributed by atoms with E-state index in [0.717, 1.165) is 10.5 Å². The zero-order chi connectivity index (χ0) is 21.8. The van der Waals surface area contributed by atoms with Crippen molar-refractivity contribution in [2.75, 3.05) is 12.4 Å². The summed E-state index contributed by atoms with van der Waals surface area (Å²) in [5.41, 5.74) is 1.59. The molecule has 4 rings (SSSR count). The van der Waals surface area contributed by atoms with Gasteiger partial charge in [0.2, 0.25) is 0 Å². The molecule has 7 heteroatoms. The molecule has 3 aromatic rings. The van der Waals surface area contributed by atoms with Crippen LogP contribution in [0.4, 0.5) is 5.69 Å². The number of halogens is 1. The Labute approximate surface area is 189 Å². The Morgan fingerprint density at radius 1 is 0.935 bits per heavy atom. The second-order valence-corrected chi connectivity index (χ2v) is 8.29. The number of nitrogens with one attached hydrogen (secondary N) is 1. The Morgan fingerprint density at radius 2 is 1.61 bits per heavy atom. The first kappa shape index (κ1) is 21.0. The van der Waals surface area contributed by atoms with Crippen molar-refractivity contribution >= 4 is 40.9 Å². The Kier molecular flexibility index (Phi) is 6.30. The lowest BCUT2D eigenvalue weighted by atomic mass is 10.2. The van der Waals surface area contributed by atoms with Crippen LogP contribution in [0.3, 0.4) is 0 Å². The van der Waals surface area contributed by atoms with Crippen LogP contribution in [-0.4, -0.2) is 23.8 Å². The van der Waals surface area contributed by atoms with Gasteiger partial charge in [0.05, 0.1) is 19.3 Å². The number of hydrogen-bond donors (Lipinski definition) is 1. The highest BCUT2D eigenvalue weighted by atomic mass is 35.5. The summed E-state index contributed by atoms with van der Waals surface area (Å²) in [5.74, 6) is -0.219. The van der Waals surface area contributed by atoms with Gasteiger partial charge in [-0.2, -0.15) is 0 Å². The van der Waals surface area contributed by atoms with Crippen molar-refractivity contribution in [1.29, 1.82) is 0 Å². The van der Waals surface area contributed by atoms with E-state index in [-0.39, 0.29) is 18.1 Å². The van der Waals surface area contributed by atoms with Gasteiger partial charge in [0.25, 0.3) is 11.8 Å². The molecule has 2 amide bonds. The monoisotopic (exact) mass is 450 g/mol. The first-order chi connectivity index (χ1) is 15.1. The minimum Gasteiger partial charge on any atom is -0.495 e. The summed E-state index contributed by atoms with van der Waals surface area (Å²) in [6.07, 6.45) is 0. The van der Waals surface area contributed by atoms with Gasteiger partial charge in [-0.05, 0) is 35.9 Å². The third-order valence-electron chi connectivity index (χ3n) is 4.69. The summed E-state index contributed by atoms with van der Waals surface area (Å²) < 4.78 is 5.39.